The maximum absolute atomic E-state index is 5.64. The van der Waals surface area contributed by atoms with E-state index in [4.69, 9.17) is 9.15 Å². The largest absolute Gasteiger partial charge is 0.419 e. The lowest BCUT2D eigenvalue weighted by molar-refractivity contribution is 0.0545. The van der Waals surface area contributed by atoms with Crippen LogP contribution in [0.2, 0.25) is 0 Å². The van der Waals surface area contributed by atoms with Gasteiger partial charge in [-0.25, -0.2) is 0 Å². The van der Waals surface area contributed by atoms with Crippen LogP contribution in [-0.4, -0.2) is 30.0 Å². The summed E-state index contributed by atoms with van der Waals surface area (Å²) in [7, 11) is 0. The van der Waals surface area contributed by atoms with Crippen molar-refractivity contribution in [2.24, 2.45) is 5.92 Å². The van der Waals surface area contributed by atoms with Crippen molar-refractivity contribution >= 4 is 0 Å². The van der Waals surface area contributed by atoms with E-state index in [-0.39, 0.29) is 0 Å². The van der Waals surface area contributed by atoms with Crippen LogP contribution in [0.25, 0.3) is 11.5 Å². The SMILES string of the molecule is c1ccc(-c2nnc(CNCC3CCCOC3)o2)cc1. The van der Waals surface area contributed by atoms with Gasteiger partial charge in [0.25, 0.3) is 0 Å². The molecule has 0 spiro atoms. The van der Waals surface area contributed by atoms with Gasteiger partial charge < -0.3 is 14.5 Å². The number of hydrogen-bond donors (Lipinski definition) is 1. The van der Waals surface area contributed by atoms with E-state index in [0.717, 1.165) is 31.7 Å². The fourth-order valence-corrected chi connectivity index (χ4v) is 2.37. The molecule has 0 aliphatic carbocycles. The van der Waals surface area contributed by atoms with Gasteiger partial charge in [-0.1, -0.05) is 18.2 Å². The molecule has 0 amide bonds. The van der Waals surface area contributed by atoms with Crippen molar-refractivity contribution in [3.8, 4) is 11.5 Å². The lowest BCUT2D eigenvalue weighted by Crippen LogP contribution is -2.28. The minimum Gasteiger partial charge on any atom is -0.419 e. The molecule has 1 aliphatic heterocycles. The van der Waals surface area contributed by atoms with E-state index < -0.39 is 0 Å². The molecule has 2 heterocycles. The molecule has 1 fully saturated rings. The van der Waals surface area contributed by atoms with Gasteiger partial charge in [-0.3, -0.25) is 0 Å². The Balaban J connectivity index is 1.50. The molecule has 1 aromatic carbocycles. The molecule has 20 heavy (non-hydrogen) atoms. The zero-order valence-corrected chi connectivity index (χ0v) is 11.4. The molecule has 5 nitrogen and oxygen atoms in total. The first-order chi connectivity index (χ1) is 9.92. The van der Waals surface area contributed by atoms with Crippen molar-refractivity contribution in [2.45, 2.75) is 19.4 Å². The fraction of sp³-hybridized carbons (Fsp3) is 0.467. The van der Waals surface area contributed by atoms with Crippen LogP contribution in [0.4, 0.5) is 0 Å². The lowest BCUT2D eigenvalue weighted by Gasteiger charge is -2.21. The van der Waals surface area contributed by atoms with Crippen LogP contribution in [0.1, 0.15) is 18.7 Å². The summed E-state index contributed by atoms with van der Waals surface area (Å²) in [6.07, 6.45) is 2.39. The van der Waals surface area contributed by atoms with E-state index in [9.17, 15) is 0 Å². The summed E-state index contributed by atoms with van der Waals surface area (Å²) in [6, 6.07) is 9.81. The minimum atomic E-state index is 0.573. The average molecular weight is 273 g/mol. The maximum Gasteiger partial charge on any atom is 0.247 e. The smallest absolute Gasteiger partial charge is 0.247 e. The first-order valence-corrected chi connectivity index (χ1v) is 7.08. The molecule has 3 rings (SSSR count). The zero-order valence-electron chi connectivity index (χ0n) is 11.4. The molecular formula is C15H19N3O2. The molecule has 1 N–H and O–H groups in total. The second-order valence-corrected chi connectivity index (χ2v) is 5.08. The summed E-state index contributed by atoms with van der Waals surface area (Å²) in [4.78, 5) is 0. The molecule has 5 heteroatoms. The number of benzene rings is 1. The number of ether oxygens (including phenoxy) is 1. The molecule has 1 saturated heterocycles. The van der Waals surface area contributed by atoms with Crippen LogP contribution in [0.5, 0.6) is 0 Å². The van der Waals surface area contributed by atoms with Gasteiger partial charge in [0.1, 0.15) is 0 Å². The van der Waals surface area contributed by atoms with Gasteiger partial charge in [0.15, 0.2) is 0 Å². The summed E-state index contributed by atoms with van der Waals surface area (Å²) < 4.78 is 11.1. The first-order valence-electron chi connectivity index (χ1n) is 7.08. The molecule has 0 saturated carbocycles. The summed E-state index contributed by atoms with van der Waals surface area (Å²) in [6.45, 7) is 3.30. The van der Waals surface area contributed by atoms with Crippen LogP contribution >= 0.6 is 0 Å². The van der Waals surface area contributed by atoms with Crippen molar-refractivity contribution < 1.29 is 9.15 Å². The minimum absolute atomic E-state index is 0.573. The highest BCUT2D eigenvalue weighted by molar-refractivity contribution is 5.51. The molecule has 1 atom stereocenters. The molecule has 0 radical (unpaired) electrons. The Hall–Kier alpha value is -1.72. The maximum atomic E-state index is 5.64. The quantitative estimate of drug-likeness (QED) is 0.905. The van der Waals surface area contributed by atoms with Gasteiger partial charge in [-0.15, -0.1) is 10.2 Å². The fourth-order valence-electron chi connectivity index (χ4n) is 2.37. The molecule has 1 aliphatic rings. The predicted octanol–water partition coefficient (Wildman–Crippen LogP) is 2.25. The molecule has 1 aromatic heterocycles. The topological polar surface area (TPSA) is 60.2 Å². The van der Waals surface area contributed by atoms with Gasteiger partial charge in [0.05, 0.1) is 13.2 Å². The Kier molecular flexibility index (Phi) is 4.40. The molecule has 106 valence electrons. The van der Waals surface area contributed by atoms with Crippen molar-refractivity contribution in [1.82, 2.24) is 15.5 Å². The first kappa shape index (κ1) is 13.3. The Labute approximate surface area is 118 Å². The standard InChI is InChI=1S/C15H19N3O2/c1-2-6-13(7-3-1)15-18-17-14(20-15)10-16-9-12-5-4-8-19-11-12/h1-3,6-7,12,16H,4-5,8-11H2. The van der Waals surface area contributed by atoms with Gasteiger partial charge in [0, 0.05) is 18.7 Å². The zero-order chi connectivity index (χ0) is 13.6. The third-order valence-corrected chi connectivity index (χ3v) is 3.45. The van der Waals surface area contributed by atoms with Gasteiger partial charge in [-0.2, -0.15) is 0 Å². The number of nitrogens with zero attached hydrogens (tertiary/aromatic N) is 2. The normalized spacial score (nSPS) is 19.1. The van der Waals surface area contributed by atoms with E-state index in [1.807, 2.05) is 30.3 Å². The van der Waals surface area contributed by atoms with Crippen LogP contribution in [0, 0.1) is 5.92 Å². The molecular weight excluding hydrogens is 254 g/mol. The Morgan fingerprint density at radius 3 is 2.90 bits per heavy atom. The number of hydrogen-bond acceptors (Lipinski definition) is 5. The van der Waals surface area contributed by atoms with Gasteiger partial charge >= 0.3 is 0 Å². The van der Waals surface area contributed by atoms with E-state index in [2.05, 4.69) is 15.5 Å². The second kappa shape index (κ2) is 6.63. The highest BCUT2D eigenvalue weighted by atomic mass is 16.5. The highest BCUT2D eigenvalue weighted by Gasteiger charge is 2.14. The Morgan fingerprint density at radius 1 is 1.20 bits per heavy atom. The van der Waals surface area contributed by atoms with E-state index in [1.165, 1.54) is 6.42 Å². The van der Waals surface area contributed by atoms with E-state index in [0.29, 0.717) is 24.2 Å². The predicted molar refractivity (Wildman–Crippen MR) is 75.0 cm³/mol. The van der Waals surface area contributed by atoms with Crippen LogP contribution in [-0.2, 0) is 11.3 Å². The third-order valence-electron chi connectivity index (χ3n) is 3.45. The van der Waals surface area contributed by atoms with Crippen molar-refractivity contribution in [2.75, 3.05) is 19.8 Å². The monoisotopic (exact) mass is 273 g/mol. The molecule has 1 unspecified atom stereocenters. The number of rotatable bonds is 5. The summed E-state index contributed by atoms with van der Waals surface area (Å²) in [5.74, 6) is 1.80. The highest BCUT2D eigenvalue weighted by Crippen LogP contribution is 2.17. The lowest BCUT2D eigenvalue weighted by atomic mass is 10.0. The van der Waals surface area contributed by atoms with Crippen LogP contribution in [0.15, 0.2) is 34.7 Å². The Morgan fingerprint density at radius 2 is 2.10 bits per heavy atom. The summed E-state index contributed by atoms with van der Waals surface area (Å²) >= 11 is 0. The van der Waals surface area contributed by atoms with Crippen molar-refractivity contribution in [1.29, 1.82) is 0 Å². The van der Waals surface area contributed by atoms with Crippen molar-refractivity contribution in [3.05, 3.63) is 36.2 Å². The van der Waals surface area contributed by atoms with E-state index >= 15 is 0 Å². The second-order valence-electron chi connectivity index (χ2n) is 5.08. The van der Waals surface area contributed by atoms with Gasteiger partial charge in [-0.05, 0) is 30.9 Å². The van der Waals surface area contributed by atoms with Crippen LogP contribution < -0.4 is 5.32 Å². The number of aromatic nitrogens is 2. The van der Waals surface area contributed by atoms with Crippen molar-refractivity contribution in [3.63, 3.8) is 0 Å². The average Bonchev–Trinajstić information content (AvgIpc) is 2.98. The molecule has 0 bridgehead atoms. The summed E-state index contributed by atoms with van der Waals surface area (Å²) in [5.41, 5.74) is 0.951. The van der Waals surface area contributed by atoms with Gasteiger partial charge in [0.2, 0.25) is 11.8 Å². The number of nitrogens with one attached hydrogen (secondary N) is 1. The molecule has 2 aromatic rings. The van der Waals surface area contributed by atoms with Crippen LogP contribution in [0.3, 0.4) is 0 Å². The van der Waals surface area contributed by atoms with E-state index in [1.54, 1.807) is 0 Å². The summed E-state index contributed by atoms with van der Waals surface area (Å²) in [5, 5.41) is 11.5. The Bertz CT molecular complexity index is 521. The third kappa shape index (κ3) is 3.43.